The fourth-order valence-electron chi connectivity index (χ4n) is 2.66. The second-order valence-corrected chi connectivity index (χ2v) is 5.53. The van der Waals surface area contributed by atoms with Crippen LogP contribution < -0.4 is 5.32 Å². The van der Waals surface area contributed by atoms with E-state index in [0.29, 0.717) is 6.04 Å². The lowest BCUT2D eigenvalue weighted by atomic mass is 10.1. The van der Waals surface area contributed by atoms with Crippen molar-refractivity contribution in [3.8, 4) is 0 Å². The summed E-state index contributed by atoms with van der Waals surface area (Å²) in [5, 5.41) is 3.83. The molecule has 0 radical (unpaired) electrons. The molecule has 0 bridgehead atoms. The molecule has 2 aliphatic rings. The Morgan fingerprint density at radius 2 is 2.00 bits per heavy atom. The van der Waals surface area contributed by atoms with Gasteiger partial charge in [-0.05, 0) is 44.4 Å². The smallest absolute Gasteiger partial charge is 0.0946 e. The van der Waals surface area contributed by atoms with Gasteiger partial charge in [0.15, 0.2) is 0 Å². The van der Waals surface area contributed by atoms with Crippen molar-refractivity contribution in [2.45, 2.75) is 51.2 Å². The van der Waals surface area contributed by atoms with Crippen LogP contribution in [0, 0.1) is 11.8 Å². The largest absolute Gasteiger partial charge is 0.336 e. The van der Waals surface area contributed by atoms with Gasteiger partial charge in [0.2, 0.25) is 0 Å². The van der Waals surface area contributed by atoms with Crippen molar-refractivity contribution >= 4 is 0 Å². The Labute approximate surface area is 97.3 Å². The van der Waals surface area contributed by atoms with Gasteiger partial charge in [0, 0.05) is 31.0 Å². The summed E-state index contributed by atoms with van der Waals surface area (Å²) in [5.41, 5.74) is 0. The zero-order valence-corrected chi connectivity index (χ0v) is 9.97. The highest BCUT2D eigenvalue weighted by molar-refractivity contribution is 4.97. The van der Waals surface area contributed by atoms with Crippen molar-refractivity contribution in [3.63, 3.8) is 0 Å². The van der Waals surface area contributed by atoms with Gasteiger partial charge in [0.25, 0.3) is 0 Å². The molecule has 1 N–H and O–H groups in total. The van der Waals surface area contributed by atoms with E-state index in [9.17, 15) is 0 Å². The van der Waals surface area contributed by atoms with Crippen LogP contribution in [0.1, 0.15) is 32.6 Å². The molecule has 1 atom stereocenters. The first-order valence-corrected chi connectivity index (χ1v) is 6.54. The molecule has 0 saturated heterocycles. The quantitative estimate of drug-likeness (QED) is 0.793. The van der Waals surface area contributed by atoms with E-state index in [-0.39, 0.29) is 0 Å². The second-order valence-electron chi connectivity index (χ2n) is 5.53. The summed E-state index contributed by atoms with van der Waals surface area (Å²) in [6.07, 6.45) is 11.6. The topological polar surface area (TPSA) is 29.9 Å². The Hall–Kier alpha value is -0.830. The summed E-state index contributed by atoms with van der Waals surface area (Å²) in [6.45, 7) is 3.33. The third-order valence-electron chi connectivity index (χ3n) is 3.78. The molecular weight excluding hydrogens is 198 g/mol. The van der Waals surface area contributed by atoms with Gasteiger partial charge in [-0.1, -0.05) is 0 Å². The molecule has 2 fully saturated rings. The van der Waals surface area contributed by atoms with Gasteiger partial charge < -0.3 is 9.88 Å². The number of hydrogen-bond donors (Lipinski definition) is 1. The van der Waals surface area contributed by atoms with Gasteiger partial charge in [-0.2, -0.15) is 0 Å². The lowest BCUT2D eigenvalue weighted by Gasteiger charge is -2.23. The minimum atomic E-state index is 0.556. The molecule has 2 aliphatic carbocycles. The lowest BCUT2D eigenvalue weighted by Crippen LogP contribution is -2.41. The maximum Gasteiger partial charge on any atom is 0.0946 e. The molecule has 3 nitrogen and oxygen atoms in total. The summed E-state index contributed by atoms with van der Waals surface area (Å²) in [4.78, 5) is 4.08. The summed E-state index contributed by atoms with van der Waals surface area (Å²) in [7, 11) is 0. The van der Waals surface area contributed by atoms with Crippen molar-refractivity contribution in [3.05, 3.63) is 18.7 Å². The molecule has 3 rings (SSSR count). The zero-order chi connectivity index (χ0) is 11.0. The van der Waals surface area contributed by atoms with Gasteiger partial charge >= 0.3 is 0 Å². The van der Waals surface area contributed by atoms with Crippen molar-refractivity contribution in [1.82, 2.24) is 14.9 Å². The van der Waals surface area contributed by atoms with Crippen LogP contribution in [0.4, 0.5) is 0 Å². The normalized spacial score (nSPS) is 22.6. The third kappa shape index (κ3) is 2.46. The summed E-state index contributed by atoms with van der Waals surface area (Å²) in [6, 6.07) is 1.36. The van der Waals surface area contributed by atoms with Crippen molar-refractivity contribution in [2.24, 2.45) is 11.8 Å². The van der Waals surface area contributed by atoms with E-state index >= 15 is 0 Å². The summed E-state index contributed by atoms with van der Waals surface area (Å²) in [5.74, 6) is 1.97. The molecular formula is C13H21N3. The van der Waals surface area contributed by atoms with Crippen LogP contribution in [0.25, 0.3) is 0 Å². The lowest BCUT2D eigenvalue weighted by molar-refractivity contribution is 0.350. The SMILES string of the molecule is CC(Cn1ccnc1)NC(C1CC1)C1CC1. The average Bonchev–Trinajstić information content (AvgIpc) is 3.17. The van der Waals surface area contributed by atoms with Gasteiger partial charge in [0.05, 0.1) is 6.33 Å². The van der Waals surface area contributed by atoms with E-state index in [2.05, 4.69) is 21.8 Å². The van der Waals surface area contributed by atoms with Crippen LogP contribution >= 0.6 is 0 Å². The minimum absolute atomic E-state index is 0.556. The molecule has 88 valence electrons. The first-order valence-electron chi connectivity index (χ1n) is 6.54. The van der Waals surface area contributed by atoms with E-state index in [1.165, 1.54) is 25.7 Å². The van der Waals surface area contributed by atoms with Crippen LogP contribution in [0.2, 0.25) is 0 Å². The van der Waals surface area contributed by atoms with E-state index < -0.39 is 0 Å². The molecule has 1 unspecified atom stereocenters. The Balaban J connectivity index is 1.52. The highest BCUT2D eigenvalue weighted by atomic mass is 15.1. The fraction of sp³-hybridized carbons (Fsp3) is 0.769. The first-order chi connectivity index (χ1) is 7.83. The minimum Gasteiger partial charge on any atom is -0.336 e. The molecule has 3 heteroatoms. The molecule has 0 aliphatic heterocycles. The fourth-order valence-corrected chi connectivity index (χ4v) is 2.66. The molecule has 1 aromatic rings. The Bertz CT molecular complexity index is 313. The number of imidazole rings is 1. The number of rotatable bonds is 6. The van der Waals surface area contributed by atoms with E-state index in [4.69, 9.17) is 0 Å². The second kappa shape index (κ2) is 4.21. The number of aromatic nitrogens is 2. The molecule has 1 heterocycles. The maximum absolute atomic E-state index is 4.08. The van der Waals surface area contributed by atoms with Gasteiger partial charge in [-0.25, -0.2) is 4.98 Å². The standard InChI is InChI=1S/C13H21N3/c1-10(8-16-7-6-14-9-16)15-13(11-2-3-11)12-4-5-12/h6-7,9-13,15H,2-5,8H2,1H3. The molecule has 0 spiro atoms. The van der Waals surface area contributed by atoms with Crippen molar-refractivity contribution in [1.29, 1.82) is 0 Å². The molecule has 0 amide bonds. The highest BCUT2D eigenvalue weighted by Crippen LogP contribution is 2.44. The van der Waals surface area contributed by atoms with E-state index in [1.54, 1.807) is 0 Å². The number of nitrogens with zero attached hydrogens (tertiary/aromatic N) is 2. The molecule has 1 aromatic heterocycles. The van der Waals surface area contributed by atoms with Gasteiger partial charge in [-0.3, -0.25) is 0 Å². The van der Waals surface area contributed by atoms with Gasteiger partial charge in [-0.15, -0.1) is 0 Å². The number of hydrogen-bond acceptors (Lipinski definition) is 2. The summed E-state index contributed by atoms with van der Waals surface area (Å²) < 4.78 is 2.16. The number of nitrogens with one attached hydrogen (secondary N) is 1. The Morgan fingerprint density at radius 3 is 2.50 bits per heavy atom. The third-order valence-corrected chi connectivity index (χ3v) is 3.78. The van der Waals surface area contributed by atoms with Gasteiger partial charge in [0.1, 0.15) is 0 Å². The summed E-state index contributed by atoms with van der Waals surface area (Å²) >= 11 is 0. The zero-order valence-electron chi connectivity index (χ0n) is 9.97. The molecule has 0 aromatic carbocycles. The van der Waals surface area contributed by atoms with Crippen LogP contribution in [0.3, 0.4) is 0 Å². The van der Waals surface area contributed by atoms with Crippen molar-refractivity contribution in [2.75, 3.05) is 0 Å². The predicted molar refractivity (Wildman–Crippen MR) is 64.1 cm³/mol. The first kappa shape index (κ1) is 10.3. The predicted octanol–water partition coefficient (Wildman–Crippen LogP) is 2.05. The van der Waals surface area contributed by atoms with E-state index in [0.717, 1.165) is 24.4 Å². The Kier molecular flexibility index (Phi) is 2.72. The molecule has 16 heavy (non-hydrogen) atoms. The van der Waals surface area contributed by atoms with E-state index in [1.807, 2.05) is 18.7 Å². The van der Waals surface area contributed by atoms with Crippen LogP contribution in [-0.2, 0) is 6.54 Å². The average molecular weight is 219 g/mol. The van der Waals surface area contributed by atoms with Crippen molar-refractivity contribution < 1.29 is 0 Å². The van der Waals surface area contributed by atoms with Crippen LogP contribution in [-0.4, -0.2) is 21.6 Å². The maximum atomic E-state index is 4.08. The Morgan fingerprint density at radius 1 is 1.31 bits per heavy atom. The molecule has 2 saturated carbocycles. The van der Waals surface area contributed by atoms with Crippen LogP contribution in [0.15, 0.2) is 18.7 Å². The monoisotopic (exact) mass is 219 g/mol. The van der Waals surface area contributed by atoms with Crippen LogP contribution in [0.5, 0.6) is 0 Å². The highest BCUT2D eigenvalue weighted by Gasteiger charge is 2.41.